The van der Waals surface area contributed by atoms with Crippen LogP contribution in [-0.2, 0) is 6.42 Å². The first-order chi connectivity index (χ1) is 10.2. The molecule has 3 rings (SSSR count). The van der Waals surface area contributed by atoms with Crippen molar-refractivity contribution in [1.82, 2.24) is 5.32 Å². The van der Waals surface area contributed by atoms with Crippen LogP contribution in [0.4, 0.5) is 4.39 Å². The van der Waals surface area contributed by atoms with Crippen molar-refractivity contribution in [3.8, 4) is 5.75 Å². The lowest BCUT2D eigenvalue weighted by molar-refractivity contribution is 0.379. The van der Waals surface area contributed by atoms with Crippen LogP contribution in [0, 0.1) is 5.82 Å². The molecule has 2 unspecified atom stereocenters. The summed E-state index contributed by atoms with van der Waals surface area (Å²) >= 11 is 0. The van der Waals surface area contributed by atoms with Gasteiger partial charge < -0.3 is 14.5 Å². The molecule has 0 saturated heterocycles. The number of benzene rings is 1. The van der Waals surface area contributed by atoms with E-state index in [-0.39, 0.29) is 17.9 Å². The first kappa shape index (κ1) is 14.1. The predicted octanol–water partition coefficient (Wildman–Crippen LogP) is 4.16. The van der Waals surface area contributed by atoms with Gasteiger partial charge in [-0.1, -0.05) is 6.07 Å². The Balaban J connectivity index is 1.77. The number of methoxy groups -OCH3 is 1. The summed E-state index contributed by atoms with van der Waals surface area (Å²) < 4.78 is 24.7. The zero-order valence-electron chi connectivity index (χ0n) is 12.4. The van der Waals surface area contributed by atoms with Crippen LogP contribution in [-0.4, -0.2) is 7.11 Å². The van der Waals surface area contributed by atoms with Gasteiger partial charge in [0.15, 0.2) is 0 Å². The lowest BCUT2D eigenvalue weighted by Gasteiger charge is -2.27. The minimum absolute atomic E-state index is 0.0678. The van der Waals surface area contributed by atoms with Crippen molar-refractivity contribution in [2.24, 2.45) is 0 Å². The van der Waals surface area contributed by atoms with Crippen molar-refractivity contribution in [2.45, 2.75) is 38.3 Å². The van der Waals surface area contributed by atoms with E-state index in [2.05, 4.69) is 5.32 Å². The van der Waals surface area contributed by atoms with Gasteiger partial charge in [-0.15, -0.1) is 0 Å². The molecule has 4 heteroatoms. The molecule has 2 aromatic rings. The van der Waals surface area contributed by atoms with Gasteiger partial charge in [-0.05, 0) is 31.9 Å². The molecule has 0 radical (unpaired) electrons. The summed E-state index contributed by atoms with van der Waals surface area (Å²) in [5.41, 5.74) is 1.87. The Kier molecular flexibility index (Phi) is 3.97. The van der Waals surface area contributed by atoms with E-state index >= 15 is 0 Å². The van der Waals surface area contributed by atoms with E-state index in [9.17, 15) is 4.39 Å². The van der Waals surface area contributed by atoms with Gasteiger partial charge in [0.1, 0.15) is 17.3 Å². The van der Waals surface area contributed by atoms with Gasteiger partial charge in [-0.3, -0.25) is 0 Å². The molecule has 1 aliphatic rings. The molecule has 3 nitrogen and oxygen atoms in total. The van der Waals surface area contributed by atoms with Crippen LogP contribution in [0.25, 0.3) is 0 Å². The van der Waals surface area contributed by atoms with Crippen molar-refractivity contribution in [3.63, 3.8) is 0 Å². The highest BCUT2D eigenvalue weighted by Crippen LogP contribution is 2.33. The monoisotopic (exact) mass is 289 g/mol. The average Bonchev–Trinajstić information content (AvgIpc) is 2.96. The van der Waals surface area contributed by atoms with Gasteiger partial charge in [-0.25, -0.2) is 4.39 Å². The number of furan rings is 1. The first-order valence-electron chi connectivity index (χ1n) is 7.35. The van der Waals surface area contributed by atoms with E-state index < -0.39 is 0 Å². The van der Waals surface area contributed by atoms with Gasteiger partial charge in [0.05, 0.1) is 13.4 Å². The minimum atomic E-state index is -0.238. The number of nitrogens with one attached hydrogen (secondary N) is 1. The van der Waals surface area contributed by atoms with E-state index in [4.69, 9.17) is 9.15 Å². The average molecular weight is 289 g/mol. The van der Waals surface area contributed by atoms with Crippen molar-refractivity contribution in [2.75, 3.05) is 7.11 Å². The summed E-state index contributed by atoms with van der Waals surface area (Å²) in [6.07, 6.45) is 4.87. The molecule has 112 valence electrons. The first-order valence-corrected chi connectivity index (χ1v) is 7.35. The zero-order valence-corrected chi connectivity index (χ0v) is 12.4. The SMILES string of the molecule is COc1ccc(C(C)NC2CCCc3occc32)c(F)c1. The molecule has 2 atom stereocenters. The maximum atomic E-state index is 14.1. The standard InChI is InChI=1S/C17H20FNO2/c1-11(13-7-6-12(20-2)10-15(13)18)19-16-4-3-5-17-14(16)8-9-21-17/h6-11,16,19H,3-5H2,1-2H3. The molecule has 0 aliphatic heterocycles. The zero-order chi connectivity index (χ0) is 14.8. The topological polar surface area (TPSA) is 34.4 Å². The number of fused-ring (bicyclic) bond motifs is 1. The lowest BCUT2D eigenvalue weighted by atomic mass is 9.92. The summed E-state index contributed by atoms with van der Waals surface area (Å²) in [5, 5.41) is 3.51. The van der Waals surface area contributed by atoms with Crippen molar-refractivity contribution in [3.05, 3.63) is 53.2 Å². The molecule has 1 aromatic heterocycles. The fourth-order valence-electron chi connectivity index (χ4n) is 3.04. The fraction of sp³-hybridized carbons (Fsp3) is 0.412. The minimum Gasteiger partial charge on any atom is -0.497 e. The molecule has 1 heterocycles. The number of aryl methyl sites for hydroxylation is 1. The second-order valence-electron chi connectivity index (χ2n) is 5.52. The fourth-order valence-corrected chi connectivity index (χ4v) is 3.04. The van der Waals surface area contributed by atoms with Gasteiger partial charge in [-0.2, -0.15) is 0 Å². The third-order valence-electron chi connectivity index (χ3n) is 4.18. The van der Waals surface area contributed by atoms with Crippen molar-refractivity contribution >= 4 is 0 Å². The van der Waals surface area contributed by atoms with Crippen molar-refractivity contribution < 1.29 is 13.5 Å². The van der Waals surface area contributed by atoms with E-state index in [1.165, 1.54) is 11.6 Å². The molecular weight excluding hydrogens is 269 g/mol. The van der Waals surface area contributed by atoms with Gasteiger partial charge in [0.25, 0.3) is 0 Å². The highest BCUT2D eigenvalue weighted by Gasteiger charge is 2.24. The summed E-state index contributed by atoms with van der Waals surface area (Å²) in [6, 6.07) is 7.18. The third kappa shape index (κ3) is 2.81. The second kappa shape index (κ2) is 5.90. The highest BCUT2D eigenvalue weighted by molar-refractivity contribution is 5.31. The smallest absolute Gasteiger partial charge is 0.131 e. The van der Waals surface area contributed by atoms with Crippen LogP contribution >= 0.6 is 0 Å². The number of rotatable bonds is 4. The van der Waals surface area contributed by atoms with E-state index in [1.807, 2.05) is 13.0 Å². The predicted molar refractivity (Wildman–Crippen MR) is 78.9 cm³/mol. The molecule has 1 N–H and O–H groups in total. The lowest BCUT2D eigenvalue weighted by Crippen LogP contribution is -2.27. The molecule has 0 bridgehead atoms. The molecule has 21 heavy (non-hydrogen) atoms. The number of halogens is 1. The molecule has 0 amide bonds. The highest BCUT2D eigenvalue weighted by atomic mass is 19.1. The molecular formula is C17H20FNO2. The number of hydrogen-bond donors (Lipinski definition) is 1. The van der Waals surface area contributed by atoms with Gasteiger partial charge in [0, 0.05) is 35.7 Å². The molecule has 0 fully saturated rings. The summed E-state index contributed by atoms with van der Waals surface area (Å²) in [7, 11) is 1.54. The van der Waals surface area contributed by atoms with Gasteiger partial charge >= 0.3 is 0 Å². The second-order valence-corrected chi connectivity index (χ2v) is 5.52. The van der Waals surface area contributed by atoms with Crippen LogP contribution < -0.4 is 10.1 Å². The number of ether oxygens (including phenoxy) is 1. The Morgan fingerprint density at radius 3 is 3.00 bits per heavy atom. The van der Waals surface area contributed by atoms with Crippen LogP contribution in [0.5, 0.6) is 5.75 Å². The number of hydrogen-bond acceptors (Lipinski definition) is 3. The van der Waals surface area contributed by atoms with Crippen LogP contribution in [0.2, 0.25) is 0 Å². The van der Waals surface area contributed by atoms with E-state index in [0.29, 0.717) is 11.3 Å². The van der Waals surface area contributed by atoms with Gasteiger partial charge in [0.2, 0.25) is 0 Å². The Bertz CT molecular complexity index is 623. The quantitative estimate of drug-likeness (QED) is 0.918. The molecule has 0 spiro atoms. The van der Waals surface area contributed by atoms with Crippen molar-refractivity contribution in [1.29, 1.82) is 0 Å². The Morgan fingerprint density at radius 1 is 1.38 bits per heavy atom. The Hall–Kier alpha value is -1.81. The largest absolute Gasteiger partial charge is 0.497 e. The van der Waals surface area contributed by atoms with Crippen LogP contribution in [0.3, 0.4) is 0 Å². The maximum Gasteiger partial charge on any atom is 0.131 e. The summed E-state index contributed by atoms with van der Waals surface area (Å²) in [5.74, 6) is 1.36. The van der Waals surface area contributed by atoms with Crippen LogP contribution in [0.1, 0.15) is 48.7 Å². The van der Waals surface area contributed by atoms with E-state index in [1.54, 1.807) is 25.5 Å². The Labute approximate surface area is 124 Å². The maximum absolute atomic E-state index is 14.1. The Morgan fingerprint density at radius 2 is 2.24 bits per heavy atom. The summed E-state index contributed by atoms with van der Waals surface area (Å²) in [4.78, 5) is 0. The summed E-state index contributed by atoms with van der Waals surface area (Å²) in [6.45, 7) is 1.99. The third-order valence-corrected chi connectivity index (χ3v) is 4.18. The van der Waals surface area contributed by atoms with Crippen LogP contribution in [0.15, 0.2) is 34.9 Å². The molecule has 1 aliphatic carbocycles. The molecule has 0 saturated carbocycles. The van der Waals surface area contributed by atoms with E-state index in [0.717, 1.165) is 25.0 Å². The molecule has 1 aromatic carbocycles. The normalized spacial score (nSPS) is 19.1.